The molecule has 1 aromatic heterocycles. The van der Waals surface area contributed by atoms with Gasteiger partial charge in [-0.3, -0.25) is 4.79 Å². The second-order valence-electron chi connectivity index (χ2n) is 4.91. The lowest BCUT2D eigenvalue weighted by Gasteiger charge is -2.29. The van der Waals surface area contributed by atoms with Gasteiger partial charge in [-0.25, -0.2) is 18.4 Å². The van der Waals surface area contributed by atoms with Crippen LogP contribution in [0, 0.1) is 6.92 Å². The molecule has 1 atom stereocenters. The molecule has 1 N–H and O–H groups in total. The second-order valence-corrected chi connectivity index (χ2v) is 7.14. The summed E-state index contributed by atoms with van der Waals surface area (Å²) in [5.74, 6) is -0.306. The van der Waals surface area contributed by atoms with Crippen molar-refractivity contribution in [1.82, 2.24) is 9.97 Å². The van der Waals surface area contributed by atoms with Crippen molar-refractivity contribution in [3.05, 3.63) is 11.9 Å². The van der Waals surface area contributed by atoms with Gasteiger partial charge in [-0.1, -0.05) is 0 Å². The molecule has 0 radical (unpaired) electrons. The highest BCUT2D eigenvalue weighted by Gasteiger charge is 2.34. The van der Waals surface area contributed by atoms with Crippen molar-refractivity contribution in [1.29, 1.82) is 0 Å². The summed E-state index contributed by atoms with van der Waals surface area (Å²) in [6, 6.07) is -0.399. The quantitative estimate of drug-likeness (QED) is 0.800. The molecule has 2 heterocycles. The minimum absolute atomic E-state index is 0.0635. The number of carboxylic acid groups (broad SMARTS) is 1. The molecule has 2 rings (SSSR count). The molecule has 0 aromatic carbocycles. The molecule has 0 amide bonds. The average molecular weight is 315 g/mol. The molecule has 1 aliphatic heterocycles. The van der Waals surface area contributed by atoms with Gasteiger partial charge in [0.1, 0.15) is 18.7 Å². The number of aliphatic carboxylic acids is 1. The van der Waals surface area contributed by atoms with E-state index in [-0.39, 0.29) is 18.1 Å². The molecule has 0 bridgehead atoms. The Kier molecular flexibility index (Phi) is 4.31. The third kappa shape index (κ3) is 3.41. The lowest BCUT2D eigenvalue weighted by Crippen LogP contribution is -2.41. The Balaban J connectivity index is 2.39. The van der Waals surface area contributed by atoms with E-state index in [0.717, 1.165) is 0 Å². The Morgan fingerprint density at radius 2 is 2.24 bits per heavy atom. The summed E-state index contributed by atoms with van der Waals surface area (Å²) < 4.78 is 28.4. The summed E-state index contributed by atoms with van der Waals surface area (Å²) in [5, 5.41) is 9.09. The van der Waals surface area contributed by atoms with E-state index >= 15 is 0 Å². The molecule has 8 nitrogen and oxygen atoms in total. The van der Waals surface area contributed by atoms with E-state index in [2.05, 4.69) is 9.97 Å². The summed E-state index contributed by atoms with van der Waals surface area (Å²) in [6.45, 7) is 1.40. The molecule has 0 aliphatic carbocycles. The van der Waals surface area contributed by atoms with E-state index in [1.165, 1.54) is 18.3 Å². The van der Waals surface area contributed by atoms with Crippen LogP contribution in [-0.4, -0.2) is 60.7 Å². The van der Waals surface area contributed by atoms with Crippen LogP contribution in [0.3, 0.4) is 0 Å². The lowest BCUT2D eigenvalue weighted by atomic mass is 10.2. The van der Waals surface area contributed by atoms with Crippen molar-refractivity contribution in [3.63, 3.8) is 0 Å². The number of nitrogens with zero attached hydrogens (tertiary/aromatic N) is 3. The highest BCUT2D eigenvalue weighted by Crippen LogP contribution is 2.28. The van der Waals surface area contributed by atoms with Crippen LogP contribution < -0.4 is 9.64 Å². The maximum atomic E-state index is 11.6. The van der Waals surface area contributed by atoms with Gasteiger partial charge in [0.15, 0.2) is 9.84 Å². The van der Waals surface area contributed by atoms with Crippen LogP contribution in [0.4, 0.5) is 5.82 Å². The summed E-state index contributed by atoms with van der Waals surface area (Å²) in [6.07, 6.45) is 1.67. The predicted octanol–water partition coefficient (Wildman–Crippen LogP) is -0.128. The zero-order chi connectivity index (χ0) is 15.6. The van der Waals surface area contributed by atoms with Gasteiger partial charge in [-0.05, 0) is 13.3 Å². The monoisotopic (exact) mass is 315 g/mol. The van der Waals surface area contributed by atoms with E-state index in [9.17, 15) is 13.2 Å². The Labute approximate surface area is 122 Å². The number of rotatable bonds is 5. The second kappa shape index (κ2) is 5.84. The molecule has 0 saturated carbocycles. The van der Waals surface area contributed by atoms with Gasteiger partial charge in [-0.15, -0.1) is 0 Å². The lowest BCUT2D eigenvalue weighted by molar-refractivity contribution is -0.135. The first-order valence-corrected chi connectivity index (χ1v) is 8.20. The molecule has 21 heavy (non-hydrogen) atoms. The van der Waals surface area contributed by atoms with Gasteiger partial charge in [0.2, 0.25) is 5.88 Å². The molecule has 1 fully saturated rings. The molecule has 9 heteroatoms. The molecule has 1 unspecified atom stereocenters. The molecule has 1 aromatic rings. The van der Waals surface area contributed by atoms with Crippen LogP contribution in [0.1, 0.15) is 12.0 Å². The average Bonchev–Trinajstić information content (AvgIpc) is 2.76. The fourth-order valence-electron chi connectivity index (χ4n) is 2.46. The number of anilines is 1. The number of carbonyl (C=O) groups is 1. The fraction of sp³-hybridized carbons (Fsp3) is 0.583. The van der Waals surface area contributed by atoms with Crippen LogP contribution in [0.15, 0.2) is 6.33 Å². The first kappa shape index (κ1) is 15.5. The number of aromatic nitrogens is 2. The minimum Gasteiger partial charge on any atom is -0.481 e. The van der Waals surface area contributed by atoms with E-state index in [1.54, 1.807) is 6.92 Å². The third-order valence-corrected chi connectivity index (χ3v) is 5.18. The van der Waals surface area contributed by atoms with Gasteiger partial charge >= 0.3 is 5.97 Å². The maximum absolute atomic E-state index is 11.6. The zero-order valence-electron chi connectivity index (χ0n) is 11.8. The molecule has 116 valence electrons. The highest BCUT2D eigenvalue weighted by atomic mass is 32.2. The van der Waals surface area contributed by atoms with Crippen molar-refractivity contribution in [3.8, 4) is 5.88 Å². The molecular weight excluding hydrogens is 298 g/mol. The number of hydrogen-bond acceptors (Lipinski definition) is 7. The SMILES string of the molecule is COc1ncnc(N(CC(=O)O)C2CCS(=O)(=O)C2)c1C. The van der Waals surface area contributed by atoms with Crippen molar-refractivity contribution in [2.45, 2.75) is 19.4 Å². The van der Waals surface area contributed by atoms with Crippen LogP contribution in [0.2, 0.25) is 0 Å². The molecule has 0 spiro atoms. The highest BCUT2D eigenvalue weighted by molar-refractivity contribution is 7.91. The Morgan fingerprint density at radius 3 is 2.76 bits per heavy atom. The Bertz CT molecular complexity index is 646. The number of carboxylic acids is 1. The van der Waals surface area contributed by atoms with E-state index in [0.29, 0.717) is 23.7 Å². The van der Waals surface area contributed by atoms with E-state index in [1.807, 2.05) is 0 Å². The Morgan fingerprint density at radius 1 is 1.52 bits per heavy atom. The smallest absolute Gasteiger partial charge is 0.323 e. The van der Waals surface area contributed by atoms with Crippen LogP contribution >= 0.6 is 0 Å². The van der Waals surface area contributed by atoms with E-state index < -0.39 is 21.8 Å². The number of ether oxygens (including phenoxy) is 1. The first-order chi connectivity index (χ1) is 9.84. The fourth-order valence-corrected chi connectivity index (χ4v) is 4.20. The van der Waals surface area contributed by atoms with Crippen molar-refractivity contribution in [2.75, 3.05) is 30.1 Å². The normalized spacial score (nSPS) is 20.2. The largest absolute Gasteiger partial charge is 0.481 e. The van der Waals surface area contributed by atoms with Crippen LogP contribution in [0.5, 0.6) is 5.88 Å². The summed E-state index contributed by atoms with van der Waals surface area (Å²) in [5.41, 5.74) is 0.588. The minimum atomic E-state index is -3.12. The molecular formula is C12H17N3O5S. The predicted molar refractivity (Wildman–Crippen MR) is 75.4 cm³/mol. The molecule has 1 aliphatic rings. The summed E-state index contributed by atoms with van der Waals surface area (Å²) in [4.78, 5) is 20.7. The number of hydrogen-bond donors (Lipinski definition) is 1. The maximum Gasteiger partial charge on any atom is 0.323 e. The van der Waals surface area contributed by atoms with Gasteiger partial charge < -0.3 is 14.7 Å². The third-order valence-electron chi connectivity index (χ3n) is 3.43. The summed E-state index contributed by atoms with van der Waals surface area (Å²) >= 11 is 0. The van der Waals surface area contributed by atoms with Gasteiger partial charge in [-0.2, -0.15) is 0 Å². The van der Waals surface area contributed by atoms with Gasteiger partial charge in [0, 0.05) is 6.04 Å². The first-order valence-electron chi connectivity index (χ1n) is 6.38. The van der Waals surface area contributed by atoms with Crippen molar-refractivity contribution in [2.24, 2.45) is 0 Å². The topological polar surface area (TPSA) is 110 Å². The Hall–Kier alpha value is -1.90. The van der Waals surface area contributed by atoms with Gasteiger partial charge in [0.05, 0.1) is 24.2 Å². The summed E-state index contributed by atoms with van der Waals surface area (Å²) in [7, 11) is -1.66. The van der Waals surface area contributed by atoms with Crippen LogP contribution in [-0.2, 0) is 14.6 Å². The number of sulfone groups is 1. The van der Waals surface area contributed by atoms with Crippen LogP contribution in [0.25, 0.3) is 0 Å². The molecule has 1 saturated heterocycles. The zero-order valence-corrected chi connectivity index (χ0v) is 12.6. The number of methoxy groups -OCH3 is 1. The van der Waals surface area contributed by atoms with Crippen molar-refractivity contribution < 1.29 is 23.1 Å². The van der Waals surface area contributed by atoms with Crippen molar-refractivity contribution >= 4 is 21.6 Å². The van der Waals surface area contributed by atoms with E-state index in [4.69, 9.17) is 9.84 Å². The standard InChI is InChI=1S/C12H17N3O5S/c1-8-11(13-7-14-12(8)20-2)15(5-10(16)17)9-3-4-21(18,19)6-9/h7,9H,3-6H2,1-2H3,(H,16,17). The van der Waals surface area contributed by atoms with Gasteiger partial charge in [0.25, 0.3) is 0 Å².